The van der Waals surface area contributed by atoms with Gasteiger partial charge in [-0.2, -0.15) is 0 Å². The van der Waals surface area contributed by atoms with E-state index in [4.69, 9.17) is 5.73 Å². The lowest BCUT2D eigenvalue weighted by Crippen LogP contribution is -2.50. The van der Waals surface area contributed by atoms with Gasteiger partial charge in [-0.05, 0) is 38.3 Å². The van der Waals surface area contributed by atoms with E-state index in [1.807, 2.05) is 24.4 Å². The molecule has 0 aromatic carbocycles. The summed E-state index contributed by atoms with van der Waals surface area (Å²) in [5.74, 6) is 1.01. The van der Waals surface area contributed by atoms with Crippen molar-refractivity contribution in [3.8, 4) is 0 Å². The molecular formula is C11H17N3. The average Bonchev–Trinajstić information content (AvgIpc) is 2.19. The van der Waals surface area contributed by atoms with Gasteiger partial charge in [-0.3, -0.25) is 0 Å². The molecule has 0 aliphatic carbocycles. The van der Waals surface area contributed by atoms with E-state index in [0.29, 0.717) is 6.04 Å². The first-order valence-corrected chi connectivity index (χ1v) is 5.24. The fourth-order valence-electron chi connectivity index (χ4n) is 2.13. The zero-order valence-electron chi connectivity index (χ0n) is 8.56. The highest BCUT2D eigenvalue weighted by Gasteiger charge is 2.25. The predicted molar refractivity (Wildman–Crippen MR) is 58.0 cm³/mol. The van der Waals surface area contributed by atoms with Crippen molar-refractivity contribution in [1.29, 1.82) is 0 Å². The van der Waals surface area contributed by atoms with Crippen molar-refractivity contribution < 1.29 is 0 Å². The minimum Gasteiger partial charge on any atom is -0.339 e. The van der Waals surface area contributed by atoms with Crippen LogP contribution in [0.4, 0.5) is 5.82 Å². The number of piperidine rings is 1. The number of hydrogen-bond acceptors (Lipinski definition) is 3. The maximum absolute atomic E-state index is 6.09. The molecule has 1 aromatic rings. The number of nitrogens with zero attached hydrogens (tertiary/aromatic N) is 2. The van der Waals surface area contributed by atoms with Gasteiger partial charge in [0.25, 0.3) is 0 Å². The third-order valence-corrected chi connectivity index (χ3v) is 2.87. The molecule has 2 rings (SSSR count). The fourth-order valence-corrected chi connectivity index (χ4v) is 2.13. The number of aromatic nitrogens is 1. The molecule has 0 bridgehead atoms. The van der Waals surface area contributed by atoms with Gasteiger partial charge in [-0.15, -0.1) is 0 Å². The van der Waals surface area contributed by atoms with Crippen LogP contribution < -0.4 is 10.6 Å². The molecule has 2 unspecified atom stereocenters. The van der Waals surface area contributed by atoms with Crippen LogP contribution in [0, 0.1) is 0 Å². The van der Waals surface area contributed by atoms with Gasteiger partial charge >= 0.3 is 0 Å². The van der Waals surface area contributed by atoms with Gasteiger partial charge in [0.15, 0.2) is 0 Å². The third kappa shape index (κ3) is 1.73. The standard InChI is InChI=1S/C11H17N3/c1-9-5-4-6-10(12)14(9)11-7-2-3-8-13-11/h2-3,7-10H,4-6,12H2,1H3. The van der Waals surface area contributed by atoms with E-state index in [1.165, 1.54) is 12.8 Å². The fraction of sp³-hybridized carbons (Fsp3) is 0.545. The summed E-state index contributed by atoms with van der Waals surface area (Å²) in [4.78, 5) is 6.57. The molecule has 0 amide bonds. The van der Waals surface area contributed by atoms with Gasteiger partial charge in [-0.25, -0.2) is 4.98 Å². The summed E-state index contributed by atoms with van der Waals surface area (Å²) in [6.45, 7) is 2.22. The Balaban J connectivity index is 2.23. The highest BCUT2D eigenvalue weighted by Crippen LogP contribution is 2.24. The van der Waals surface area contributed by atoms with Crippen molar-refractivity contribution in [1.82, 2.24) is 4.98 Å². The molecule has 1 aromatic heterocycles. The van der Waals surface area contributed by atoms with Crippen molar-refractivity contribution in [3.05, 3.63) is 24.4 Å². The first-order valence-electron chi connectivity index (χ1n) is 5.24. The van der Waals surface area contributed by atoms with Crippen molar-refractivity contribution in [2.75, 3.05) is 4.90 Å². The first-order chi connectivity index (χ1) is 6.79. The van der Waals surface area contributed by atoms with Crippen molar-refractivity contribution in [2.45, 2.75) is 38.4 Å². The highest BCUT2D eigenvalue weighted by atomic mass is 15.3. The molecular weight excluding hydrogens is 174 g/mol. The van der Waals surface area contributed by atoms with Crippen LogP contribution in [0.1, 0.15) is 26.2 Å². The number of hydrogen-bond donors (Lipinski definition) is 1. The minimum absolute atomic E-state index is 0.133. The Bertz CT molecular complexity index is 276. The molecule has 14 heavy (non-hydrogen) atoms. The van der Waals surface area contributed by atoms with E-state index in [-0.39, 0.29) is 6.17 Å². The summed E-state index contributed by atoms with van der Waals surface area (Å²) in [5.41, 5.74) is 6.09. The molecule has 1 fully saturated rings. The molecule has 2 atom stereocenters. The van der Waals surface area contributed by atoms with Crippen molar-refractivity contribution >= 4 is 5.82 Å². The van der Waals surface area contributed by atoms with Crippen LogP contribution in [-0.2, 0) is 0 Å². The molecule has 0 radical (unpaired) electrons. The van der Waals surface area contributed by atoms with Crippen molar-refractivity contribution in [2.24, 2.45) is 5.73 Å². The van der Waals surface area contributed by atoms with Gasteiger partial charge in [0.05, 0.1) is 6.17 Å². The Morgan fingerprint density at radius 1 is 1.43 bits per heavy atom. The van der Waals surface area contributed by atoms with Gasteiger partial charge in [0.1, 0.15) is 5.82 Å². The van der Waals surface area contributed by atoms with Gasteiger partial charge < -0.3 is 10.6 Å². The highest BCUT2D eigenvalue weighted by molar-refractivity contribution is 5.40. The zero-order valence-corrected chi connectivity index (χ0v) is 8.56. The van der Waals surface area contributed by atoms with E-state index in [1.54, 1.807) is 0 Å². The Labute approximate surface area is 84.9 Å². The first kappa shape index (κ1) is 9.46. The molecule has 1 saturated heterocycles. The van der Waals surface area contributed by atoms with Crippen LogP contribution in [0.3, 0.4) is 0 Å². The third-order valence-electron chi connectivity index (χ3n) is 2.87. The largest absolute Gasteiger partial charge is 0.339 e. The average molecular weight is 191 g/mol. The second kappa shape index (κ2) is 3.96. The molecule has 2 N–H and O–H groups in total. The Hall–Kier alpha value is -1.09. The van der Waals surface area contributed by atoms with Crippen LogP contribution in [-0.4, -0.2) is 17.2 Å². The normalized spacial score (nSPS) is 27.7. The Kier molecular flexibility index (Phi) is 2.68. The Morgan fingerprint density at radius 2 is 2.29 bits per heavy atom. The van der Waals surface area contributed by atoms with Gasteiger partial charge in [0, 0.05) is 12.2 Å². The van der Waals surface area contributed by atoms with Crippen LogP contribution in [0.5, 0.6) is 0 Å². The molecule has 76 valence electrons. The summed E-state index contributed by atoms with van der Waals surface area (Å²) in [6.07, 6.45) is 5.47. The summed E-state index contributed by atoms with van der Waals surface area (Å²) in [5, 5.41) is 0. The monoisotopic (exact) mass is 191 g/mol. The topological polar surface area (TPSA) is 42.1 Å². The number of pyridine rings is 1. The van der Waals surface area contributed by atoms with Crippen LogP contribution in [0.25, 0.3) is 0 Å². The Morgan fingerprint density at radius 3 is 2.93 bits per heavy atom. The lowest BCUT2D eigenvalue weighted by molar-refractivity contribution is 0.400. The lowest BCUT2D eigenvalue weighted by Gasteiger charge is -2.39. The smallest absolute Gasteiger partial charge is 0.129 e. The minimum atomic E-state index is 0.133. The van der Waals surface area contributed by atoms with Crippen LogP contribution >= 0.6 is 0 Å². The SMILES string of the molecule is CC1CCCC(N)N1c1ccccn1. The van der Waals surface area contributed by atoms with Crippen LogP contribution in [0.2, 0.25) is 0 Å². The van der Waals surface area contributed by atoms with E-state index >= 15 is 0 Å². The quantitative estimate of drug-likeness (QED) is 0.735. The predicted octanol–water partition coefficient (Wildman–Crippen LogP) is 1.75. The van der Waals surface area contributed by atoms with Crippen molar-refractivity contribution in [3.63, 3.8) is 0 Å². The molecule has 2 heterocycles. The van der Waals surface area contributed by atoms with E-state index in [9.17, 15) is 0 Å². The van der Waals surface area contributed by atoms with E-state index in [2.05, 4.69) is 16.8 Å². The lowest BCUT2D eigenvalue weighted by atomic mass is 10.0. The summed E-state index contributed by atoms with van der Waals surface area (Å²) < 4.78 is 0. The molecule has 0 saturated carbocycles. The van der Waals surface area contributed by atoms with Gasteiger partial charge in [0.2, 0.25) is 0 Å². The molecule has 0 spiro atoms. The second-order valence-corrected chi connectivity index (χ2v) is 3.94. The maximum atomic E-state index is 6.09. The van der Waals surface area contributed by atoms with E-state index in [0.717, 1.165) is 12.2 Å². The molecule has 3 nitrogen and oxygen atoms in total. The summed E-state index contributed by atoms with van der Waals surface area (Å²) >= 11 is 0. The molecule has 3 heteroatoms. The molecule has 1 aliphatic rings. The second-order valence-electron chi connectivity index (χ2n) is 3.94. The van der Waals surface area contributed by atoms with Gasteiger partial charge in [-0.1, -0.05) is 6.07 Å². The number of anilines is 1. The molecule has 1 aliphatic heterocycles. The van der Waals surface area contributed by atoms with E-state index < -0.39 is 0 Å². The summed E-state index contributed by atoms with van der Waals surface area (Å²) in [6, 6.07) is 6.48. The summed E-state index contributed by atoms with van der Waals surface area (Å²) in [7, 11) is 0. The maximum Gasteiger partial charge on any atom is 0.129 e. The zero-order chi connectivity index (χ0) is 9.97. The number of nitrogens with two attached hydrogens (primary N) is 1. The number of rotatable bonds is 1. The van der Waals surface area contributed by atoms with Crippen LogP contribution in [0.15, 0.2) is 24.4 Å².